The van der Waals surface area contributed by atoms with E-state index in [9.17, 15) is 0 Å². The summed E-state index contributed by atoms with van der Waals surface area (Å²) in [6.07, 6.45) is 10.0. The molecule has 110 valence electrons. The van der Waals surface area contributed by atoms with E-state index in [0.29, 0.717) is 6.61 Å². The molecule has 0 aliphatic rings. The number of allylic oxidation sites excluding steroid dienone is 1. The predicted molar refractivity (Wildman–Crippen MR) is 91.1 cm³/mol. The van der Waals surface area contributed by atoms with E-state index in [-0.39, 0.29) is 0 Å². The minimum Gasteiger partial charge on any atom is -0.396 e. The molecule has 0 saturated carbocycles. The molecule has 0 heterocycles. The summed E-state index contributed by atoms with van der Waals surface area (Å²) in [6.45, 7) is 0.323. The zero-order valence-corrected chi connectivity index (χ0v) is 12.5. The normalized spacial score (nSPS) is 11.1. The fourth-order valence-electron chi connectivity index (χ4n) is 2.36. The minimum atomic E-state index is 0.323. The van der Waals surface area contributed by atoms with Gasteiger partial charge in [-0.05, 0) is 36.0 Å². The molecule has 0 unspecified atom stereocenters. The summed E-state index contributed by atoms with van der Waals surface area (Å²) in [5.74, 6) is 0. The SMILES string of the molecule is OCCCCCC/C=C/c1ccc(-c2ccccc2)cc1. The van der Waals surface area contributed by atoms with Gasteiger partial charge in [0.25, 0.3) is 0 Å². The quantitative estimate of drug-likeness (QED) is 0.650. The van der Waals surface area contributed by atoms with Crippen molar-refractivity contribution in [1.82, 2.24) is 0 Å². The number of aliphatic hydroxyl groups is 1. The summed E-state index contributed by atoms with van der Waals surface area (Å²) in [6, 6.07) is 19.1. The van der Waals surface area contributed by atoms with E-state index >= 15 is 0 Å². The molecule has 1 nitrogen and oxygen atoms in total. The highest BCUT2D eigenvalue weighted by Gasteiger charge is 1.95. The van der Waals surface area contributed by atoms with Crippen molar-refractivity contribution in [3.8, 4) is 11.1 Å². The van der Waals surface area contributed by atoms with Crippen molar-refractivity contribution < 1.29 is 5.11 Å². The van der Waals surface area contributed by atoms with Crippen LogP contribution in [0, 0.1) is 0 Å². The van der Waals surface area contributed by atoms with Crippen LogP contribution in [0.25, 0.3) is 17.2 Å². The summed E-state index contributed by atoms with van der Waals surface area (Å²) in [5.41, 5.74) is 3.78. The number of rotatable bonds is 8. The molecule has 1 N–H and O–H groups in total. The minimum absolute atomic E-state index is 0.323. The average molecular weight is 280 g/mol. The lowest BCUT2D eigenvalue weighted by molar-refractivity contribution is 0.282. The van der Waals surface area contributed by atoms with Crippen molar-refractivity contribution in [2.45, 2.75) is 32.1 Å². The molecule has 2 aromatic carbocycles. The lowest BCUT2D eigenvalue weighted by atomic mass is 10.0. The van der Waals surface area contributed by atoms with E-state index in [4.69, 9.17) is 5.11 Å². The molecule has 0 spiro atoms. The largest absolute Gasteiger partial charge is 0.396 e. The zero-order chi connectivity index (χ0) is 14.8. The highest BCUT2D eigenvalue weighted by molar-refractivity contribution is 5.65. The third kappa shape index (κ3) is 5.57. The second-order valence-corrected chi connectivity index (χ2v) is 5.32. The van der Waals surface area contributed by atoms with E-state index < -0.39 is 0 Å². The van der Waals surface area contributed by atoms with Gasteiger partial charge in [-0.2, -0.15) is 0 Å². The number of hydrogen-bond acceptors (Lipinski definition) is 1. The summed E-state index contributed by atoms with van der Waals surface area (Å²) >= 11 is 0. The fraction of sp³-hybridized carbons (Fsp3) is 0.300. The molecule has 21 heavy (non-hydrogen) atoms. The maximum atomic E-state index is 8.71. The molecular formula is C20H24O. The monoisotopic (exact) mass is 280 g/mol. The summed E-state index contributed by atoms with van der Waals surface area (Å²) in [4.78, 5) is 0. The van der Waals surface area contributed by atoms with Gasteiger partial charge in [-0.25, -0.2) is 0 Å². The highest BCUT2D eigenvalue weighted by Crippen LogP contribution is 2.19. The molecule has 1 heteroatoms. The molecule has 0 atom stereocenters. The number of hydrogen-bond donors (Lipinski definition) is 1. The second kappa shape index (κ2) is 9.15. The number of unbranched alkanes of at least 4 members (excludes halogenated alkanes) is 4. The summed E-state index contributed by atoms with van der Waals surface area (Å²) in [5, 5.41) is 8.71. The van der Waals surface area contributed by atoms with Gasteiger partial charge in [0.15, 0.2) is 0 Å². The van der Waals surface area contributed by atoms with Gasteiger partial charge < -0.3 is 5.11 Å². The van der Waals surface area contributed by atoms with E-state index in [1.165, 1.54) is 29.5 Å². The smallest absolute Gasteiger partial charge is 0.0431 e. The van der Waals surface area contributed by atoms with Crippen LogP contribution in [0.4, 0.5) is 0 Å². The van der Waals surface area contributed by atoms with E-state index in [1.54, 1.807) is 0 Å². The second-order valence-electron chi connectivity index (χ2n) is 5.32. The molecule has 0 radical (unpaired) electrons. The van der Waals surface area contributed by atoms with Crippen LogP contribution in [0.3, 0.4) is 0 Å². The van der Waals surface area contributed by atoms with Crippen LogP contribution in [0.2, 0.25) is 0 Å². The van der Waals surface area contributed by atoms with Gasteiger partial charge in [0.1, 0.15) is 0 Å². The van der Waals surface area contributed by atoms with Gasteiger partial charge >= 0.3 is 0 Å². The number of aliphatic hydroxyl groups excluding tert-OH is 1. The van der Waals surface area contributed by atoms with Crippen molar-refractivity contribution >= 4 is 6.08 Å². The molecule has 0 aromatic heterocycles. The van der Waals surface area contributed by atoms with Crippen LogP contribution in [0.1, 0.15) is 37.7 Å². The topological polar surface area (TPSA) is 20.2 Å². The average Bonchev–Trinajstić information content (AvgIpc) is 2.55. The first kappa shape index (κ1) is 15.5. The zero-order valence-electron chi connectivity index (χ0n) is 12.5. The van der Waals surface area contributed by atoms with Crippen molar-refractivity contribution in [3.05, 3.63) is 66.2 Å². The van der Waals surface area contributed by atoms with Gasteiger partial charge in [0.05, 0.1) is 0 Å². The third-order valence-corrected chi connectivity index (χ3v) is 3.61. The third-order valence-electron chi connectivity index (χ3n) is 3.61. The van der Waals surface area contributed by atoms with Crippen LogP contribution in [0.5, 0.6) is 0 Å². The molecule has 0 fully saturated rings. The van der Waals surface area contributed by atoms with E-state index in [0.717, 1.165) is 19.3 Å². The highest BCUT2D eigenvalue weighted by atomic mass is 16.2. The first-order chi connectivity index (χ1) is 10.4. The molecule has 0 aliphatic heterocycles. The van der Waals surface area contributed by atoms with Crippen molar-refractivity contribution in [2.75, 3.05) is 6.61 Å². The van der Waals surface area contributed by atoms with E-state index in [1.807, 2.05) is 6.07 Å². The van der Waals surface area contributed by atoms with Gasteiger partial charge in [0.2, 0.25) is 0 Å². The Hall–Kier alpha value is -1.86. The fourth-order valence-corrected chi connectivity index (χ4v) is 2.36. The van der Waals surface area contributed by atoms with Crippen molar-refractivity contribution in [1.29, 1.82) is 0 Å². The Balaban J connectivity index is 1.80. The molecule has 0 amide bonds. The van der Waals surface area contributed by atoms with Crippen molar-refractivity contribution in [2.24, 2.45) is 0 Å². The predicted octanol–water partition coefficient (Wildman–Crippen LogP) is 5.31. The number of benzene rings is 2. The molecule has 2 rings (SSSR count). The van der Waals surface area contributed by atoms with Gasteiger partial charge in [-0.3, -0.25) is 0 Å². The summed E-state index contributed by atoms with van der Waals surface area (Å²) in [7, 11) is 0. The van der Waals surface area contributed by atoms with Gasteiger partial charge in [-0.1, -0.05) is 79.6 Å². The first-order valence-electron chi connectivity index (χ1n) is 7.83. The van der Waals surface area contributed by atoms with Gasteiger partial charge in [-0.15, -0.1) is 0 Å². The van der Waals surface area contributed by atoms with Crippen LogP contribution in [-0.4, -0.2) is 11.7 Å². The van der Waals surface area contributed by atoms with Crippen LogP contribution in [-0.2, 0) is 0 Å². The lowest BCUT2D eigenvalue weighted by Gasteiger charge is -2.02. The molecule has 0 bridgehead atoms. The maximum Gasteiger partial charge on any atom is 0.0431 e. The summed E-state index contributed by atoms with van der Waals surface area (Å²) < 4.78 is 0. The van der Waals surface area contributed by atoms with Crippen molar-refractivity contribution in [3.63, 3.8) is 0 Å². The van der Waals surface area contributed by atoms with Crippen LogP contribution in [0.15, 0.2) is 60.7 Å². The Kier molecular flexibility index (Phi) is 6.76. The molecular weight excluding hydrogens is 256 g/mol. The Bertz CT molecular complexity index is 526. The lowest BCUT2D eigenvalue weighted by Crippen LogP contribution is -1.82. The van der Waals surface area contributed by atoms with Crippen LogP contribution >= 0.6 is 0 Å². The molecule has 0 aliphatic carbocycles. The van der Waals surface area contributed by atoms with E-state index in [2.05, 4.69) is 60.7 Å². The Morgan fingerprint density at radius 3 is 2.10 bits per heavy atom. The molecule has 0 saturated heterocycles. The standard InChI is InChI=1S/C20H24O/c21-17-9-4-2-1-3-6-10-18-13-15-20(16-14-18)19-11-7-5-8-12-19/h5-8,10-16,21H,1-4,9,17H2/b10-6+. The Morgan fingerprint density at radius 2 is 1.38 bits per heavy atom. The van der Waals surface area contributed by atoms with Crippen LogP contribution < -0.4 is 0 Å². The van der Waals surface area contributed by atoms with Gasteiger partial charge in [0, 0.05) is 6.61 Å². The Labute approximate surface area is 128 Å². The first-order valence-corrected chi connectivity index (χ1v) is 7.83. The maximum absolute atomic E-state index is 8.71. The molecule has 2 aromatic rings. The Morgan fingerprint density at radius 1 is 0.714 bits per heavy atom.